The zero-order chi connectivity index (χ0) is 21.8. The lowest BCUT2D eigenvalue weighted by Crippen LogP contribution is -2.38. The first kappa shape index (κ1) is 22.3. The van der Waals surface area contributed by atoms with Crippen LogP contribution in [0.4, 0.5) is 20.0 Å². The Kier molecular flexibility index (Phi) is 6.91. The standard InChI is InChI=1S/C19H23FN4O4S/c1-11(25)21-12-6-7-13(14(20)8-12)15-10-29-17(22-15)23-16(26)9-24(5)18(27)28-19(2,3)4/h6-8,10H,9H2,1-5H3,(H,21,25)(H,22,23,26). The van der Waals surface area contributed by atoms with Crippen molar-refractivity contribution < 1.29 is 23.5 Å². The number of aromatic nitrogens is 1. The van der Waals surface area contributed by atoms with E-state index in [2.05, 4.69) is 15.6 Å². The number of nitrogens with one attached hydrogen (secondary N) is 2. The van der Waals surface area contributed by atoms with Gasteiger partial charge in [0.2, 0.25) is 11.8 Å². The zero-order valence-corrected chi connectivity index (χ0v) is 17.6. The summed E-state index contributed by atoms with van der Waals surface area (Å²) in [6.45, 7) is 6.32. The van der Waals surface area contributed by atoms with Crippen LogP contribution in [0.1, 0.15) is 27.7 Å². The van der Waals surface area contributed by atoms with Gasteiger partial charge in [-0.15, -0.1) is 11.3 Å². The first-order valence-corrected chi connectivity index (χ1v) is 9.59. The third-order valence-corrected chi connectivity index (χ3v) is 4.16. The van der Waals surface area contributed by atoms with Crippen molar-refractivity contribution in [1.82, 2.24) is 9.88 Å². The molecule has 0 aliphatic rings. The van der Waals surface area contributed by atoms with Crippen molar-refractivity contribution in [3.63, 3.8) is 0 Å². The van der Waals surface area contributed by atoms with Crippen molar-refractivity contribution in [2.75, 3.05) is 24.2 Å². The van der Waals surface area contributed by atoms with E-state index in [0.29, 0.717) is 11.4 Å². The minimum absolute atomic E-state index is 0.219. The summed E-state index contributed by atoms with van der Waals surface area (Å²) in [7, 11) is 1.45. The molecule has 0 saturated carbocycles. The summed E-state index contributed by atoms with van der Waals surface area (Å²) in [4.78, 5) is 40.5. The summed E-state index contributed by atoms with van der Waals surface area (Å²) in [6, 6.07) is 4.26. The quantitative estimate of drug-likeness (QED) is 0.765. The fourth-order valence-electron chi connectivity index (χ4n) is 2.24. The lowest BCUT2D eigenvalue weighted by Gasteiger charge is -2.24. The monoisotopic (exact) mass is 422 g/mol. The second kappa shape index (κ2) is 8.99. The first-order chi connectivity index (χ1) is 13.4. The number of hydrogen-bond acceptors (Lipinski definition) is 6. The molecular weight excluding hydrogens is 399 g/mol. The van der Waals surface area contributed by atoms with Gasteiger partial charge in [0, 0.05) is 30.6 Å². The predicted octanol–water partition coefficient (Wildman–Crippen LogP) is 3.71. The number of ether oxygens (including phenoxy) is 1. The van der Waals surface area contributed by atoms with Crippen molar-refractivity contribution in [2.24, 2.45) is 0 Å². The highest BCUT2D eigenvalue weighted by atomic mass is 32.1. The van der Waals surface area contributed by atoms with Crippen LogP contribution >= 0.6 is 11.3 Å². The van der Waals surface area contributed by atoms with Gasteiger partial charge in [-0.2, -0.15) is 0 Å². The molecule has 2 aromatic rings. The van der Waals surface area contributed by atoms with E-state index in [4.69, 9.17) is 4.74 Å². The fraction of sp³-hybridized carbons (Fsp3) is 0.368. The molecule has 0 aliphatic heterocycles. The number of anilines is 2. The van der Waals surface area contributed by atoms with Gasteiger partial charge in [-0.1, -0.05) is 0 Å². The molecule has 156 valence electrons. The molecule has 1 aromatic carbocycles. The van der Waals surface area contributed by atoms with Crippen LogP contribution in [0.15, 0.2) is 23.6 Å². The molecule has 3 amide bonds. The molecule has 0 aliphatic carbocycles. The molecule has 0 bridgehead atoms. The number of amides is 3. The molecule has 0 fully saturated rings. The van der Waals surface area contributed by atoms with E-state index in [-0.39, 0.29) is 23.1 Å². The molecule has 0 radical (unpaired) electrons. The smallest absolute Gasteiger partial charge is 0.410 e. The molecule has 0 atom stereocenters. The fourth-order valence-corrected chi connectivity index (χ4v) is 2.96. The van der Waals surface area contributed by atoms with Crippen LogP contribution in [0.25, 0.3) is 11.3 Å². The van der Waals surface area contributed by atoms with Gasteiger partial charge in [-0.3, -0.25) is 9.59 Å². The van der Waals surface area contributed by atoms with Crippen molar-refractivity contribution in [2.45, 2.75) is 33.3 Å². The Bertz CT molecular complexity index is 923. The number of rotatable bonds is 5. The number of hydrogen-bond donors (Lipinski definition) is 2. The Morgan fingerprint density at radius 3 is 2.52 bits per heavy atom. The number of thiazole rings is 1. The second-order valence-corrected chi connectivity index (χ2v) is 8.16. The molecule has 0 spiro atoms. The molecule has 8 nitrogen and oxygen atoms in total. The largest absolute Gasteiger partial charge is 0.444 e. The van der Waals surface area contributed by atoms with Gasteiger partial charge in [-0.05, 0) is 39.0 Å². The molecule has 0 unspecified atom stereocenters. The van der Waals surface area contributed by atoms with Gasteiger partial charge >= 0.3 is 6.09 Å². The minimum Gasteiger partial charge on any atom is -0.444 e. The van der Waals surface area contributed by atoms with Crippen molar-refractivity contribution in [3.8, 4) is 11.3 Å². The molecule has 10 heteroatoms. The number of likely N-dealkylation sites (N-methyl/N-ethyl adjacent to an activating group) is 1. The minimum atomic E-state index is -0.661. The SMILES string of the molecule is CC(=O)Nc1ccc(-c2csc(NC(=O)CN(C)C(=O)OC(C)(C)C)n2)c(F)c1. The van der Waals surface area contributed by atoms with Crippen molar-refractivity contribution >= 4 is 40.1 Å². The third-order valence-electron chi connectivity index (χ3n) is 3.40. The van der Waals surface area contributed by atoms with Gasteiger partial charge in [0.1, 0.15) is 18.0 Å². The predicted molar refractivity (Wildman–Crippen MR) is 109 cm³/mol. The van der Waals surface area contributed by atoms with Crippen LogP contribution in [-0.2, 0) is 14.3 Å². The van der Waals surface area contributed by atoms with Crippen LogP contribution in [0.3, 0.4) is 0 Å². The number of carbonyl (C=O) groups is 3. The van der Waals surface area contributed by atoms with Crippen LogP contribution in [0.2, 0.25) is 0 Å². The Balaban J connectivity index is 2.00. The summed E-state index contributed by atoms with van der Waals surface area (Å²) in [5, 5.41) is 6.95. The number of carbonyl (C=O) groups excluding carboxylic acids is 3. The molecular formula is C19H23FN4O4S. The summed E-state index contributed by atoms with van der Waals surface area (Å²) in [5.41, 5.74) is 0.262. The highest BCUT2D eigenvalue weighted by molar-refractivity contribution is 7.14. The van der Waals surface area contributed by atoms with Crippen LogP contribution in [0.5, 0.6) is 0 Å². The Labute approximate surface area is 172 Å². The van der Waals surface area contributed by atoms with Gasteiger partial charge in [0.25, 0.3) is 0 Å². The van der Waals surface area contributed by atoms with Crippen molar-refractivity contribution in [1.29, 1.82) is 0 Å². The van der Waals surface area contributed by atoms with Crippen LogP contribution in [0, 0.1) is 5.82 Å². The molecule has 2 N–H and O–H groups in total. The van der Waals surface area contributed by atoms with E-state index >= 15 is 0 Å². The number of halogens is 1. The van der Waals surface area contributed by atoms with E-state index in [9.17, 15) is 18.8 Å². The number of benzene rings is 1. The summed E-state index contributed by atoms with van der Waals surface area (Å²) in [5.74, 6) is -1.31. The lowest BCUT2D eigenvalue weighted by atomic mass is 10.1. The zero-order valence-electron chi connectivity index (χ0n) is 16.8. The topological polar surface area (TPSA) is 101 Å². The molecule has 1 heterocycles. The molecule has 0 saturated heterocycles. The average Bonchev–Trinajstić information content (AvgIpc) is 3.00. The van der Waals surface area contributed by atoms with Gasteiger partial charge in [0.15, 0.2) is 5.13 Å². The summed E-state index contributed by atoms with van der Waals surface area (Å²) in [6.07, 6.45) is -0.617. The second-order valence-electron chi connectivity index (χ2n) is 7.30. The van der Waals surface area contributed by atoms with E-state index in [1.807, 2.05) is 0 Å². The highest BCUT2D eigenvalue weighted by Gasteiger charge is 2.21. The van der Waals surface area contributed by atoms with Crippen LogP contribution < -0.4 is 10.6 Å². The Morgan fingerprint density at radius 2 is 1.93 bits per heavy atom. The normalized spacial score (nSPS) is 11.0. The third kappa shape index (κ3) is 6.83. The van der Waals surface area contributed by atoms with Gasteiger partial charge < -0.3 is 20.3 Å². The van der Waals surface area contributed by atoms with E-state index < -0.39 is 23.4 Å². The van der Waals surface area contributed by atoms with Gasteiger partial charge in [-0.25, -0.2) is 14.2 Å². The maximum Gasteiger partial charge on any atom is 0.410 e. The van der Waals surface area contributed by atoms with Crippen LogP contribution in [-0.4, -0.2) is 47.0 Å². The number of nitrogens with zero attached hydrogens (tertiary/aromatic N) is 2. The molecule has 2 rings (SSSR count). The van der Waals surface area contributed by atoms with Gasteiger partial charge in [0.05, 0.1) is 5.69 Å². The highest BCUT2D eigenvalue weighted by Crippen LogP contribution is 2.28. The van der Waals surface area contributed by atoms with E-state index in [1.54, 1.807) is 32.2 Å². The first-order valence-electron chi connectivity index (χ1n) is 8.71. The van der Waals surface area contributed by atoms with E-state index in [0.717, 1.165) is 16.2 Å². The maximum absolute atomic E-state index is 14.3. The molecule has 1 aromatic heterocycles. The molecule has 29 heavy (non-hydrogen) atoms. The lowest BCUT2D eigenvalue weighted by molar-refractivity contribution is -0.117. The average molecular weight is 422 g/mol. The Hall–Kier alpha value is -3.01. The Morgan fingerprint density at radius 1 is 1.24 bits per heavy atom. The summed E-state index contributed by atoms with van der Waals surface area (Å²) >= 11 is 1.13. The maximum atomic E-state index is 14.3. The van der Waals surface area contributed by atoms with Crippen molar-refractivity contribution in [3.05, 3.63) is 29.4 Å². The van der Waals surface area contributed by atoms with E-state index in [1.165, 1.54) is 26.1 Å². The summed E-state index contributed by atoms with van der Waals surface area (Å²) < 4.78 is 19.5.